The van der Waals surface area contributed by atoms with E-state index in [0.717, 1.165) is 56.1 Å². The van der Waals surface area contributed by atoms with E-state index in [-0.39, 0.29) is 21.1 Å². The first-order chi connectivity index (χ1) is 27.8. The van der Waals surface area contributed by atoms with Crippen LogP contribution in [0.4, 0.5) is 11.5 Å². The Morgan fingerprint density at radius 2 is 1.26 bits per heavy atom. The van der Waals surface area contributed by atoms with E-state index in [4.69, 9.17) is 9.39 Å². The molecule has 7 aromatic carbocycles. The van der Waals surface area contributed by atoms with E-state index >= 15 is 0 Å². The minimum absolute atomic E-state index is 0. The maximum absolute atomic E-state index is 6.49. The zero-order valence-electron chi connectivity index (χ0n) is 30.3. The van der Waals surface area contributed by atoms with Gasteiger partial charge < -0.3 is 23.3 Å². The number of aromatic nitrogens is 4. The van der Waals surface area contributed by atoms with Gasteiger partial charge in [0.25, 0.3) is 6.33 Å². The molecule has 7 nitrogen and oxygen atoms in total. The van der Waals surface area contributed by atoms with Gasteiger partial charge in [0.05, 0.1) is 27.8 Å². The summed E-state index contributed by atoms with van der Waals surface area (Å²) in [7, 11) is -0.397. The summed E-state index contributed by atoms with van der Waals surface area (Å²) >= 11 is 0. The predicted molar refractivity (Wildman–Crippen MR) is 221 cm³/mol. The quantitative estimate of drug-likeness (QED) is 0.0909. The summed E-state index contributed by atoms with van der Waals surface area (Å²) in [6.45, 7) is 0. The second-order valence-corrected chi connectivity index (χ2v) is 13.6. The maximum atomic E-state index is 6.49. The molecule has 3 aromatic heterocycles. The Morgan fingerprint density at radius 3 is 2.09 bits per heavy atom. The molecule has 11 rings (SSSR count). The molecule has 57 heavy (non-hydrogen) atoms. The van der Waals surface area contributed by atoms with Crippen LogP contribution in [-0.4, -0.2) is 21.2 Å². The van der Waals surface area contributed by atoms with Crippen molar-refractivity contribution in [2.75, 3.05) is 4.81 Å². The fourth-order valence-corrected chi connectivity index (χ4v) is 7.84. The van der Waals surface area contributed by atoms with Gasteiger partial charge in [-0.1, -0.05) is 109 Å². The molecular weight excluding hydrogens is 884 g/mol. The van der Waals surface area contributed by atoms with Gasteiger partial charge in [-0.25, -0.2) is 4.98 Å². The van der Waals surface area contributed by atoms with Crippen molar-refractivity contribution in [1.82, 2.24) is 14.1 Å². The van der Waals surface area contributed by atoms with Crippen LogP contribution < -0.4 is 24.2 Å². The molecule has 4 heterocycles. The molecule has 0 saturated carbocycles. The number of anilines is 2. The fraction of sp³-hybridized carbons (Fsp3) is 0. The molecule has 9 heteroatoms. The number of nitrogens with zero attached hydrogens (tertiary/aromatic N) is 5. The number of rotatable bonds is 7. The van der Waals surface area contributed by atoms with E-state index < -0.39 is 7.05 Å². The SMILES string of the molecule is [Pt].[c-]1c(Oc2[c-]c(-n3[c-][n+](-c4cccc5c6ccccc6n(-c6ccccc6)c45)c4ccccc43)ccc2)cccc1N1B(c2ccccc2)Oc2cccnc21. The largest absolute Gasteiger partial charge is 0.535 e. The third-order valence-corrected chi connectivity index (χ3v) is 10.3. The van der Waals surface area contributed by atoms with Crippen LogP contribution in [0, 0.1) is 18.5 Å². The Labute approximate surface area is 344 Å². The summed E-state index contributed by atoms with van der Waals surface area (Å²) in [5, 5.41) is 2.37. The summed E-state index contributed by atoms with van der Waals surface area (Å²) in [6, 6.07) is 66.7. The zero-order valence-corrected chi connectivity index (χ0v) is 32.5. The number of hydrogen-bond acceptors (Lipinski definition) is 4. The molecule has 0 bridgehead atoms. The van der Waals surface area contributed by atoms with Crippen LogP contribution in [0.5, 0.6) is 17.2 Å². The number of benzene rings is 7. The summed E-state index contributed by atoms with van der Waals surface area (Å²) < 4.78 is 19.5. The molecule has 0 saturated heterocycles. The molecule has 0 unspecified atom stereocenters. The number of imidazole rings is 1. The maximum Gasteiger partial charge on any atom is 0.523 e. The average Bonchev–Trinajstić information content (AvgIpc) is 3.95. The monoisotopic (exact) mass is 914 g/mol. The van der Waals surface area contributed by atoms with Crippen molar-refractivity contribution in [3.8, 4) is 34.3 Å². The molecule has 0 atom stereocenters. The van der Waals surface area contributed by atoms with Crippen molar-refractivity contribution in [2.45, 2.75) is 0 Å². The van der Waals surface area contributed by atoms with Crippen LogP contribution in [0.15, 0.2) is 182 Å². The van der Waals surface area contributed by atoms with Gasteiger partial charge in [0.2, 0.25) is 0 Å². The summed E-state index contributed by atoms with van der Waals surface area (Å²) in [5.41, 5.74) is 8.96. The summed E-state index contributed by atoms with van der Waals surface area (Å²) in [5.74, 6) is 2.54. The minimum atomic E-state index is -0.397. The normalized spacial score (nSPS) is 12.1. The van der Waals surface area contributed by atoms with Crippen LogP contribution in [-0.2, 0) is 21.1 Å². The molecule has 10 aromatic rings. The number of para-hydroxylation sites is 5. The van der Waals surface area contributed by atoms with E-state index in [1.54, 1.807) is 6.20 Å². The van der Waals surface area contributed by atoms with Crippen LogP contribution >= 0.6 is 0 Å². The van der Waals surface area contributed by atoms with Gasteiger partial charge >= 0.3 is 7.05 Å². The Hall–Kier alpha value is -6.89. The van der Waals surface area contributed by atoms with Crippen molar-refractivity contribution < 1.29 is 35.0 Å². The molecule has 0 N–H and O–H groups in total. The fourth-order valence-electron chi connectivity index (χ4n) is 7.84. The molecule has 0 radical (unpaired) electrons. The van der Waals surface area contributed by atoms with Gasteiger partial charge in [0, 0.05) is 55.2 Å². The third-order valence-electron chi connectivity index (χ3n) is 10.3. The first-order valence-electron chi connectivity index (χ1n) is 18.5. The van der Waals surface area contributed by atoms with Crippen LogP contribution in [0.1, 0.15) is 0 Å². The molecule has 274 valence electrons. The second-order valence-electron chi connectivity index (χ2n) is 13.6. The molecule has 0 spiro atoms. The minimum Gasteiger partial charge on any atom is -0.535 e. The topological polar surface area (TPSA) is 48.3 Å². The molecule has 0 fully saturated rings. The van der Waals surface area contributed by atoms with E-state index in [1.165, 1.54) is 10.8 Å². The predicted octanol–water partition coefficient (Wildman–Crippen LogP) is 9.52. The van der Waals surface area contributed by atoms with Gasteiger partial charge in [-0.05, 0) is 47.5 Å². The van der Waals surface area contributed by atoms with Crippen LogP contribution in [0.2, 0.25) is 0 Å². The average molecular weight is 915 g/mol. The Balaban J connectivity index is 0.00000396. The van der Waals surface area contributed by atoms with Crippen molar-refractivity contribution in [3.63, 3.8) is 0 Å². The van der Waals surface area contributed by atoms with Gasteiger partial charge in [0.15, 0.2) is 5.82 Å². The Kier molecular flexibility index (Phi) is 8.69. The van der Waals surface area contributed by atoms with Crippen LogP contribution in [0.25, 0.3) is 49.9 Å². The van der Waals surface area contributed by atoms with Gasteiger partial charge in [0.1, 0.15) is 5.75 Å². The van der Waals surface area contributed by atoms with E-state index in [1.807, 2.05) is 71.3 Å². The van der Waals surface area contributed by atoms with E-state index in [0.29, 0.717) is 17.2 Å². The number of pyridine rings is 1. The Bertz CT molecular complexity index is 3080. The van der Waals surface area contributed by atoms with Crippen molar-refractivity contribution in [1.29, 1.82) is 0 Å². The van der Waals surface area contributed by atoms with Gasteiger partial charge in [-0.15, -0.1) is 30.3 Å². The zero-order chi connectivity index (χ0) is 37.0. The van der Waals surface area contributed by atoms with Crippen molar-refractivity contribution in [3.05, 3.63) is 201 Å². The van der Waals surface area contributed by atoms with E-state index in [9.17, 15) is 0 Å². The second kappa shape index (κ2) is 14.3. The van der Waals surface area contributed by atoms with Gasteiger partial charge in [-0.3, -0.25) is 4.57 Å². The number of fused-ring (bicyclic) bond motifs is 5. The van der Waals surface area contributed by atoms with Crippen LogP contribution in [0.3, 0.4) is 0 Å². The third kappa shape index (κ3) is 5.88. The first kappa shape index (κ1) is 34.6. The van der Waals surface area contributed by atoms with Crippen molar-refractivity contribution in [2.24, 2.45) is 0 Å². The number of ether oxygens (including phenoxy) is 1. The molecule has 1 aliphatic heterocycles. The molecule has 1 aliphatic rings. The van der Waals surface area contributed by atoms with Gasteiger partial charge in [-0.2, -0.15) is 18.2 Å². The smallest absolute Gasteiger partial charge is 0.523 e. The standard InChI is InChI=1S/C48H30BN5O2.Pt/c1-3-15-34(16-4-1)49-54(48-46(56-49)29-14-30-50-48)37-20-12-22-39(32-37)55-38-21-11-19-36(31-38)51-33-52(44-27-10-9-26-43(44)51)45-28-13-24-41-40-23-7-8-25-42(40)53(47(41)45)35-17-5-2-6-18-35;/h1-30H;/q-2;. The number of hydrogen-bond donors (Lipinski definition) is 0. The summed E-state index contributed by atoms with van der Waals surface area (Å²) in [4.78, 5) is 6.72. The van der Waals surface area contributed by atoms with E-state index in [2.05, 4.69) is 147 Å². The molecular formula is C48H30BN5O2Pt-2. The Morgan fingerprint density at radius 1 is 0.596 bits per heavy atom. The molecule has 0 amide bonds. The molecule has 0 aliphatic carbocycles. The summed E-state index contributed by atoms with van der Waals surface area (Å²) in [6.07, 6.45) is 5.48. The van der Waals surface area contributed by atoms with Crippen molar-refractivity contribution >= 4 is 56.9 Å². The first-order valence-corrected chi connectivity index (χ1v) is 18.5.